The van der Waals surface area contributed by atoms with Crippen LogP contribution in [0.5, 0.6) is 0 Å². The topological polar surface area (TPSA) is 84.4 Å². The molecule has 2 aliphatic rings. The third-order valence-electron chi connectivity index (χ3n) is 2.59. The molecule has 5 N–H and O–H groups in total. The van der Waals surface area contributed by atoms with E-state index in [1.54, 1.807) is 0 Å². The summed E-state index contributed by atoms with van der Waals surface area (Å²) in [6.45, 7) is 0. The number of rotatable bonds is 0. The van der Waals surface area contributed by atoms with Crippen molar-refractivity contribution in [3.63, 3.8) is 0 Å². The van der Waals surface area contributed by atoms with Crippen molar-refractivity contribution in [1.29, 1.82) is 0 Å². The Morgan fingerprint density at radius 3 is 2.93 bits per heavy atom. The molecule has 3 unspecified atom stereocenters. The van der Waals surface area contributed by atoms with Gasteiger partial charge in [0.15, 0.2) is 0 Å². The van der Waals surface area contributed by atoms with E-state index in [0.717, 1.165) is 10.6 Å². The minimum atomic E-state index is -0.416. The van der Waals surface area contributed by atoms with Crippen molar-refractivity contribution < 1.29 is 4.79 Å². The zero-order valence-corrected chi connectivity index (χ0v) is 8.92. The molecule has 1 heterocycles. The number of thiol groups is 1. The van der Waals surface area contributed by atoms with Gasteiger partial charge in [-0.05, 0) is 12.0 Å². The summed E-state index contributed by atoms with van der Waals surface area (Å²) in [4.78, 5) is 11.3. The van der Waals surface area contributed by atoms with Crippen molar-refractivity contribution in [2.45, 2.75) is 23.1 Å². The number of halogens is 1. The van der Waals surface area contributed by atoms with Crippen LogP contribution < -0.4 is 16.9 Å². The van der Waals surface area contributed by atoms with Gasteiger partial charge in [-0.25, -0.2) is 15.6 Å². The Morgan fingerprint density at radius 1 is 1.64 bits per heavy atom. The lowest BCUT2D eigenvalue weighted by molar-refractivity contribution is 0.203. The van der Waals surface area contributed by atoms with Gasteiger partial charge in [-0.2, -0.15) is 12.6 Å². The summed E-state index contributed by atoms with van der Waals surface area (Å²) in [7, 11) is 0. The molecule has 0 aromatic carbocycles. The van der Waals surface area contributed by atoms with Crippen LogP contribution in [-0.2, 0) is 0 Å². The summed E-state index contributed by atoms with van der Waals surface area (Å²) in [5.74, 6) is 5.73. The largest absolute Gasteiger partial charge is 0.384 e. The van der Waals surface area contributed by atoms with E-state index in [0.29, 0.717) is 12.2 Å². The highest BCUT2D eigenvalue weighted by molar-refractivity contribution is 7.81. The Morgan fingerprint density at radius 2 is 2.29 bits per heavy atom. The fourth-order valence-corrected chi connectivity index (χ4v) is 2.45. The number of fused-ring (bicyclic) bond motifs is 1. The number of carbonyl (C=O) groups is 1. The highest BCUT2D eigenvalue weighted by atomic mass is 35.5. The first-order valence-corrected chi connectivity index (χ1v) is 5.13. The zero-order valence-electron chi connectivity index (χ0n) is 7.27. The summed E-state index contributed by atoms with van der Waals surface area (Å²) in [6, 6.07) is -0.603. The maximum atomic E-state index is 11.3. The van der Waals surface area contributed by atoms with Crippen molar-refractivity contribution in [2.75, 3.05) is 0 Å². The fraction of sp³-hybridized carbons (Fsp3) is 0.571. The van der Waals surface area contributed by atoms with E-state index in [1.165, 1.54) is 0 Å². The molecule has 0 spiro atoms. The van der Waals surface area contributed by atoms with E-state index in [1.807, 2.05) is 0 Å². The molecule has 0 radical (unpaired) electrons. The SMILES string of the molecule is NC1=C2CC(Cl)C(S)C2NC(=O)N1N. The summed E-state index contributed by atoms with van der Waals surface area (Å²) in [5.41, 5.74) is 6.57. The monoisotopic (exact) mass is 234 g/mol. The summed E-state index contributed by atoms with van der Waals surface area (Å²) in [5, 5.41) is 3.38. The first-order valence-electron chi connectivity index (χ1n) is 4.18. The number of carbonyl (C=O) groups excluding carboxylic acids is 1. The van der Waals surface area contributed by atoms with Gasteiger partial charge in [-0.3, -0.25) is 0 Å². The van der Waals surface area contributed by atoms with Gasteiger partial charge in [-0.1, -0.05) is 0 Å². The summed E-state index contributed by atoms with van der Waals surface area (Å²) >= 11 is 10.3. The number of alkyl halides is 1. The molecule has 0 bridgehead atoms. The second kappa shape index (κ2) is 3.22. The standard InChI is InChI=1S/C7H11ClN4OS/c8-3-1-2-4(5(3)14)11-7(13)12(10)6(2)9/h3-5,14H,1,9-10H2,(H,11,13). The molecule has 1 saturated carbocycles. The molecule has 7 heteroatoms. The van der Waals surface area contributed by atoms with Crippen LogP contribution in [0.2, 0.25) is 0 Å². The lowest BCUT2D eigenvalue weighted by atomic mass is 10.1. The minimum Gasteiger partial charge on any atom is -0.384 e. The maximum absolute atomic E-state index is 11.3. The van der Waals surface area contributed by atoms with Crippen molar-refractivity contribution in [1.82, 2.24) is 10.3 Å². The van der Waals surface area contributed by atoms with Crippen LogP contribution in [-0.4, -0.2) is 27.7 Å². The fourth-order valence-electron chi connectivity index (χ4n) is 1.78. The van der Waals surface area contributed by atoms with E-state index in [-0.39, 0.29) is 16.7 Å². The van der Waals surface area contributed by atoms with Gasteiger partial charge in [0.1, 0.15) is 5.82 Å². The number of hydrogen-bond acceptors (Lipinski definition) is 4. The van der Waals surface area contributed by atoms with Crippen molar-refractivity contribution >= 4 is 30.3 Å². The lowest BCUT2D eigenvalue weighted by Crippen LogP contribution is -2.56. The number of nitrogens with zero attached hydrogens (tertiary/aromatic N) is 1. The van der Waals surface area contributed by atoms with Crippen LogP contribution in [0.25, 0.3) is 0 Å². The van der Waals surface area contributed by atoms with Crippen molar-refractivity contribution in [3.8, 4) is 0 Å². The Kier molecular flexibility index (Phi) is 2.29. The van der Waals surface area contributed by atoms with Crippen LogP contribution >= 0.6 is 24.2 Å². The second-order valence-corrected chi connectivity index (χ2v) is 4.58. The van der Waals surface area contributed by atoms with E-state index < -0.39 is 6.03 Å². The second-order valence-electron chi connectivity index (χ2n) is 3.42. The van der Waals surface area contributed by atoms with Crippen molar-refractivity contribution in [3.05, 3.63) is 11.4 Å². The minimum absolute atomic E-state index is 0.108. The van der Waals surface area contributed by atoms with Gasteiger partial charge >= 0.3 is 6.03 Å². The van der Waals surface area contributed by atoms with Crippen LogP contribution in [0.15, 0.2) is 11.4 Å². The quantitative estimate of drug-likeness (QED) is 0.202. The summed E-state index contributed by atoms with van der Waals surface area (Å²) in [6.07, 6.45) is 0.611. The summed E-state index contributed by atoms with van der Waals surface area (Å²) < 4.78 is 0. The van der Waals surface area contributed by atoms with Crippen LogP contribution in [0, 0.1) is 0 Å². The van der Waals surface area contributed by atoms with E-state index >= 15 is 0 Å². The first kappa shape index (κ1) is 9.95. The Labute approximate surface area is 91.8 Å². The average molecular weight is 235 g/mol. The lowest BCUT2D eigenvalue weighted by Gasteiger charge is -2.30. The number of nitrogens with one attached hydrogen (secondary N) is 1. The molecular formula is C7H11ClN4OS. The molecule has 1 fully saturated rings. The van der Waals surface area contributed by atoms with Gasteiger partial charge in [0.05, 0.1) is 11.4 Å². The molecule has 0 aromatic rings. The number of hydrazine groups is 1. The molecule has 3 atom stereocenters. The highest BCUT2D eigenvalue weighted by Crippen LogP contribution is 2.36. The molecule has 78 valence electrons. The van der Waals surface area contributed by atoms with Gasteiger partial charge in [0.2, 0.25) is 0 Å². The zero-order chi connectivity index (χ0) is 10.5. The van der Waals surface area contributed by atoms with Crippen LogP contribution in [0.1, 0.15) is 6.42 Å². The Hall–Kier alpha value is -0.590. The average Bonchev–Trinajstić information content (AvgIpc) is 2.42. The highest BCUT2D eigenvalue weighted by Gasteiger charge is 2.43. The molecule has 0 saturated heterocycles. The smallest absolute Gasteiger partial charge is 0.338 e. The molecule has 2 rings (SSSR count). The van der Waals surface area contributed by atoms with Gasteiger partial charge in [0.25, 0.3) is 0 Å². The van der Waals surface area contributed by atoms with Crippen LogP contribution in [0.3, 0.4) is 0 Å². The van der Waals surface area contributed by atoms with E-state index in [4.69, 9.17) is 23.2 Å². The van der Waals surface area contributed by atoms with Gasteiger partial charge in [0, 0.05) is 5.25 Å². The van der Waals surface area contributed by atoms with Gasteiger partial charge in [-0.15, -0.1) is 11.6 Å². The molecule has 0 aromatic heterocycles. The van der Waals surface area contributed by atoms with Crippen molar-refractivity contribution in [2.24, 2.45) is 11.6 Å². The number of amides is 2. The predicted octanol–water partition coefficient (Wildman–Crippen LogP) is -0.266. The molecule has 5 nitrogen and oxygen atoms in total. The predicted molar refractivity (Wildman–Crippen MR) is 56.6 cm³/mol. The first-order chi connectivity index (χ1) is 6.52. The maximum Gasteiger partial charge on any atom is 0.338 e. The van der Waals surface area contributed by atoms with Crippen LogP contribution in [0.4, 0.5) is 4.79 Å². The van der Waals surface area contributed by atoms with Gasteiger partial charge < -0.3 is 11.1 Å². The van der Waals surface area contributed by atoms with E-state index in [2.05, 4.69) is 17.9 Å². The molecule has 1 aliphatic heterocycles. The molecule has 2 amide bonds. The Balaban J connectivity index is 2.38. The Bertz CT molecular complexity index is 321. The third-order valence-corrected chi connectivity index (χ3v) is 3.85. The molecule has 14 heavy (non-hydrogen) atoms. The molecular weight excluding hydrogens is 224 g/mol. The number of urea groups is 1. The normalized spacial score (nSPS) is 37.2. The third kappa shape index (κ3) is 1.25. The number of hydrogen-bond donors (Lipinski definition) is 4. The molecule has 1 aliphatic carbocycles. The van der Waals surface area contributed by atoms with E-state index in [9.17, 15) is 4.79 Å². The number of nitrogens with two attached hydrogens (primary N) is 2.